The van der Waals surface area contributed by atoms with Gasteiger partial charge in [-0.3, -0.25) is 4.79 Å². The second kappa shape index (κ2) is 2.75. The second-order valence-electron chi connectivity index (χ2n) is 3.07. The van der Waals surface area contributed by atoms with Gasteiger partial charge in [-0.05, 0) is 18.8 Å². The van der Waals surface area contributed by atoms with E-state index in [0.29, 0.717) is 12.8 Å². The molecule has 1 atom stereocenters. The summed E-state index contributed by atoms with van der Waals surface area (Å²) in [5.41, 5.74) is -2.05. The summed E-state index contributed by atoms with van der Waals surface area (Å²) in [6.07, 6.45) is 0.471. The molecule has 0 saturated heterocycles. The van der Waals surface area contributed by atoms with Gasteiger partial charge in [0.15, 0.2) is 5.60 Å². The molecule has 5 heteroatoms. The molecule has 0 aromatic heterocycles. The van der Waals surface area contributed by atoms with Crippen LogP contribution in [0.15, 0.2) is 0 Å². The molecule has 0 bridgehead atoms. The van der Waals surface area contributed by atoms with Gasteiger partial charge in [-0.1, -0.05) is 0 Å². The summed E-state index contributed by atoms with van der Waals surface area (Å²) in [6.45, 7) is 0. The van der Waals surface area contributed by atoms with Gasteiger partial charge in [-0.25, -0.2) is 4.79 Å². The first kappa shape index (κ1) is 8.99. The predicted octanol–water partition coefficient (Wildman–Crippen LogP) is -0.313. The molecule has 0 aromatic carbocycles. The Labute approximate surface area is 68.6 Å². The van der Waals surface area contributed by atoms with E-state index in [-0.39, 0.29) is 5.92 Å². The smallest absolute Gasteiger partial charge is 0.336 e. The minimum atomic E-state index is -2.05. The molecule has 0 amide bonds. The average molecular weight is 174 g/mol. The molecule has 5 nitrogen and oxygen atoms in total. The monoisotopic (exact) mass is 174 g/mol. The van der Waals surface area contributed by atoms with Crippen LogP contribution in [0.5, 0.6) is 0 Å². The number of hydrogen-bond donors (Lipinski definition) is 3. The van der Waals surface area contributed by atoms with Gasteiger partial charge in [0.05, 0.1) is 6.42 Å². The van der Waals surface area contributed by atoms with Crippen molar-refractivity contribution in [2.24, 2.45) is 5.92 Å². The lowest BCUT2D eigenvalue weighted by Gasteiger charge is -2.20. The summed E-state index contributed by atoms with van der Waals surface area (Å²) in [4.78, 5) is 20.8. The molecule has 0 heterocycles. The number of aliphatic hydroxyl groups is 1. The van der Waals surface area contributed by atoms with E-state index in [2.05, 4.69) is 0 Å². The van der Waals surface area contributed by atoms with E-state index in [1.165, 1.54) is 0 Å². The zero-order valence-corrected chi connectivity index (χ0v) is 6.36. The molecule has 1 saturated carbocycles. The number of carbonyl (C=O) groups is 2. The number of carboxylic acids is 2. The van der Waals surface area contributed by atoms with Crippen LogP contribution in [0.4, 0.5) is 0 Å². The average Bonchev–Trinajstić information content (AvgIpc) is 2.65. The Morgan fingerprint density at radius 3 is 2.08 bits per heavy atom. The molecule has 0 spiro atoms. The Balaban J connectivity index is 2.71. The number of carboxylic acid groups (broad SMARTS) is 2. The van der Waals surface area contributed by atoms with Crippen molar-refractivity contribution < 1.29 is 24.9 Å². The zero-order chi connectivity index (χ0) is 9.35. The first-order valence-corrected chi connectivity index (χ1v) is 3.64. The van der Waals surface area contributed by atoms with Gasteiger partial charge in [0.25, 0.3) is 0 Å². The standard InChI is InChI=1S/C7H10O5/c8-5(9)3-7(12,6(10)11)4-1-2-4/h4,12H,1-3H2,(H,8,9)(H,10,11). The van der Waals surface area contributed by atoms with Crippen LogP contribution in [-0.4, -0.2) is 32.9 Å². The van der Waals surface area contributed by atoms with Crippen LogP contribution < -0.4 is 0 Å². The molecule has 12 heavy (non-hydrogen) atoms. The van der Waals surface area contributed by atoms with Gasteiger partial charge in [0.1, 0.15) is 0 Å². The van der Waals surface area contributed by atoms with Gasteiger partial charge in [0, 0.05) is 0 Å². The fourth-order valence-corrected chi connectivity index (χ4v) is 1.19. The van der Waals surface area contributed by atoms with E-state index in [0.717, 1.165) is 0 Å². The van der Waals surface area contributed by atoms with Crippen molar-refractivity contribution in [3.8, 4) is 0 Å². The van der Waals surface area contributed by atoms with Crippen molar-refractivity contribution in [1.82, 2.24) is 0 Å². The molecular formula is C7H10O5. The largest absolute Gasteiger partial charge is 0.481 e. The molecule has 0 radical (unpaired) electrons. The Hall–Kier alpha value is -1.10. The fraction of sp³-hybridized carbons (Fsp3) is 0.714. The molecule has 1 unspecified atom stereocenters. The van der Waals surface area contributed by atoms with E-state index in [1.54, 1.807) is 0 Å². The lowest BCUT2D eigenvalue weighted by atomic mass is 9.94. The number of aliphatic carboxylic acids is 2. The SMILES string of the molecule is O=C(O)CC(O)(C(=O)O)C1CC1. The van der Waals surface area contributed by atoms with E-state index in [4.69, 9.17) is 10.2 Å². The summed E-state index contributed by atoms with van der Waals surface area (Å²) in [7, 11) is 0. The maximum Gasteiger partial charge on any atom is 0.336 e. The van der Waals surface area contributed by atoms with E-state index < -0.39 is 24.0 Å². The van der Waals surface area contributed by atoms with Crippen molar-refractivity contribution in [1.29, 1.82) is 0 Å². The first-order chi connectivity index (χ1) is 5.47. The Morgan fingerprint density at radius 2 is 1.83 bits per heavy atom. The minimum Gasteiger partial charge on any atom is -0.481 e. The van der Waals surface area contributed by atoms with Gasteiger partial charge in [-0.15, -0.1) is 0 Å². The van der Waals surface area contributed by atoms with Crippen LogP contribution in [-0.2, 0) is 9.59 Å². The van der Waals surface area contributed by atoms with Crippen LogP contribution in [0.3, 0.4) is 0 Å². The van der Waals surface area contributed by atoms with Crippen LogP contribution in [0, 0.1) is 5.92 Å². The molecule has 1 rings (SSSR count). The van der Waals surface area contributed by atoms with Gasteiger partial charge >= 0.3 is 11.9 Å². The Kier molecular flexibility index (Phi) is 2.06. The Morgan fingerprint density at radius 1 is 1.33 bits per heavy atom. The van der Waals surface area contributed by atoms with Crippen molar-refractivity contribution in [2.75, 3.05) is 0 Å². The predicted molar refractivity (Wildman–Crippen MR) is 37.6 cm³/mol. The van der Waals surface area contributed by atoms with E-state index >= 15 is 0 Å². The zero-order valence-electron chi connectivity index (χ0n) is 6.36. The third-order valence-corrected chi connectivity index (χ3v) is 2.04. The van der Waals surface area contributed by atoms with Gasteiger partial charge in [0.2, 0.25) is 0 Å². The highest BCUT2D eigenvalue weighted by Crippen LogP contribution is 2.41. The highest BCUT2D eigenvalue weighted by molar-refractivity contribution is 5.84. The van der Waals surface area contributed by atoms with Crippen LogP contribution in [0.1, 0.15) is 19.3 Å². The molecule has 1 aliphatic carbocycles. The quantitative estimate of drug-likeness (QED) is 0.543. The summed E-state index contributed by atoms with van der Waals surface area (Å²) in [5, 5.41) is 26.3. The fourth-order valence-electron chi connectivity index (χ4n) is 1.19. The lowest BCUT2D eigenvalue weighted by Crippen LogP contribution is -2.42. The molecule has 0 aliphatic heterocycles. The van der Waals surface area contributed by atoms with Gasteiger partial charge in [-0.2, -0.15) is 0 Å². The van der Waals surface area contributed by atoms with Crippen molar-refractivity contribution in [3.05, 3.63) is 0 Å². The normalized spacial score (nSPS) is 21.4. The topological polar surface area (TPSA) is 94.8 Å². The maximum atomic E-state index is 10.5. The summed E-state index contributed by atoms with van der Waals surface area (Å²) >= 11 is 0. The number of rotatable bonds is 4. The third kappa shape index (κ3) is 1.55. The maximum absolute atomic E-state index is 10.5. The molecule has 1 aliphatic rings. The van der Waals surface area contributed by atoms with Crippen LogP contribution >= 0.6 is 0 Å². The van der Waals surface area contributed by atoms with E-state index in [1.807, 2.05) is 0 Å². The van der Waals surface area contributed by atoms with E-state index in [9.17, 15) is 14.7 Å². The second-order valence-corrected chi connectivity index (χ2v) is 3.07. The summed E-state index contributed by atoms with van der Waals surface area (Å²) < 4.78 is 0. The molecule has 68 valence electrons. The van der Waals surface area contributed by atoms with Crippen molar-refractivity contribution >= 4 is 11.9 Å². The minimum absolute atomic E-state index is 0.383. The summed E-state index contributed by atoms with van der Waals surface area (Å²) in [6, 6.07) is 0. The summed E-state index contributed by atoms with van der Waals surface area (Å²) in [5.74, 6) is -3.11. The molecule has 3 N–H and O–H groups in total. The van der Waals surface area contributed by atoms with Crippen LogP contribution in [0.2, 0.25) is 0 Å². The Bertz CT molecular complexity index is 220. The number of hydrogen-bond acceptors (Lipinski definition) is 3. The molecule has 1 fully saturated rings. The first-order valence-electron chi connectivity index (χ1n) is 3.64. The molecule has 0 aromatic rings. The van der Waals surface area contributed by atoms with Crippen LogP contribution in [0.25, 0.3) is 0 Å². The third-order valence-electron chi connectivity index (χ3n) is 2.04. The molecular weight excluding hydrogens is 164 g/mol. The highest BCUT2D eigenvalue weighted by atomic mass is 16.4. The van der Waals surface area contributed by atoms with Crippen molar-refractivity contribution in [2.45, 2.75) is 24.9 Å². The van der Waals surface area contributed by atoms with Crippen molar-refractivity contribution in [3.63, 3.8) is 0 Å². The highest BCUT2D eigenvalue weighted by Gasteiger charge is 2.51. The lowest BCUT2D eigenvalue weighted by molar-refractivity contribution is -0.167. The van der Waals surface area contributed by atoms with Gasteiger partial charge < -0.3 is 15.3 Å².